The Kier molecular flexibility index (Phi) is 6.52. The molecular formula is C18H30N2O. The highest BCUT2D eigenvalue weighted by molar-refractivity contribution is 5.29. The maximum atomic E-state index is 5.53. The van der Waals surface area contributed by atoms with Crippen molar-refractivity contribution < 1.29 is 4.74 Å². The first-order chi connectivity index (χ1) is 10.2. The molecule has 0 aliphatic heterocycles. The van der Waals surface area contributed by atoms with Crippen LogP contribution in [0, 0.1) is 0 Å². The third kappa shape index (κ3) is 4.72. The number of rotatable bonds is 8. The summed E-state index contributed by atoms with van der Waals surface area (Å²) in [4.78, 5) is 2.54. The maximum absolute atomic E-state index is 5.53. The SMILES string of the molecule is CCNC(CN(C)C1CCCC1)c1ccc(OCC)cc1. The molecule has 118 valence electrons. The molecule has 0 saturated heterocycles. The van der Waals surface area contributed by atoms with Gasteiger partial charge in [0, 0.05) is 18.6 Å². The molecule has 0 bridgehead atoms. The van der Waals surface area contributed by atoms with Crippen LogP contribution in [-0.4, -0.2) is 37.7 Å². The second-order valence-electron chi connectivity index (χ2n) is 5.99. The Morgan fingerprint density at radius 2 is 1.86 bits per heavy atom. The Balaban J connectivity index is 1.99. The molecule has 0 amide bonds. The topological polar surface area (TPSA) is 24.5 Å². The number of likely N-dealkylation sites (N-methyl/N-ethyl adjacent to an activating group) is 2. The number of nitrogens with zero attached hydrogens (tertiary/aromatic N) is 1. The van der Waals surface area contributed by atoms with E-state index in [2.05, 4.69) is 48.5 Å². The average molecular weight is 290 g/mol. The Hall–Kier alpha value is -1.06. The molecule has 1 unspecified atom stereocenters. The normalized spacial score (nSPS) is 17.3. The highest BCUT2D eigenvalue weighted by Gasteiger charge is 2.22. The zero-order valence-corrected chi connectivity index (χ0v) is 13.8. The smallest absolute Gasteiger partial charge is 0.119 e. The van der Waals surface area contributed by atoms with E-state index in [4.69, 9.17) is 4.74 Å². The lowest BCUT2D eigenvalue weighted by Gasteiger charge is -2.29. The summed E-state index contributed by atoms with van der Waals surface area (Å²) in [7, 11) is 2.27. The van der Waals surface area contributed by atoms with Gasteiger partial charge in [-0.3, -0.25) is 0 Å². The second kappa shape index (κ2) is 8.40. The molecule has 0 aromatic heterocycles. The number of nitrogens with one attached hydrogen (secondary N) is 1. The van der Waals surface area contributed by atoms with Gasteiger partial charge in [0.25, 0.3) is 0 Å². The summed E-state index contributed by atoms with van der Waals surface area (Å²) >= 11 is 0. The van der Waals surface area contributed by atoms with Gasteiger partial charge in [-0.2, -0.15) is 0 Å². The van der Waals surface area contributed by atoms with E-state index in [0.29, 0.717) is 6.04 Å². The van der Waals surface area contributed by atoms with Crippen LogP contribution in [0.4, 0.5) is 0 Å². The van der Waals surface area contributed by atoms with Crippen molar-refractivity contribution in [1.82, 2.24) is 10.2 Å². The molecule has 2 rings (SSSR count). The molecule has 1 fully saturated rings. The minimum atomic E-state index is 0.399. The Morgan fingerprint density at radius 1 is 1.19 bits per heavy atom. The van der Waals surface area contributed by atoms with Gasteiger partial charge in [-0.05, 0) is 51.1 Å². The van der Waals surface area contributed by atoms with E-state index in [1.54, 1.807) is 0 Å². The molecule has 1 atom stereocenters. The van der Waals surface area contributed by atoms with Crippen LogP contribution in [0.2, 0.25) is 0 Å². The highest BCUT2D eigenvalue weighted by Crippen LogP contribution is 2.25. The Bertz CT molecular complexity index is 398. The molecule has 0 heterocycles. The van der Waals surface area contributed by atoms with Crippen LogP contribution in [0.15, 0.2) is 24.3 Å². The predicted octanol–water partition coefficient (Wildman–Crippen LogP) is 3.61. The van der Waals surface area contributed by atoms with Gasteiger partial charge in [-0.15, -0.1) is 0 Å². The van der Waals surface area contributed by atoms with Crippen molar-refractivity contribution in [1.29, 1.82) is 0 Å². The van der Waals surface area contributed by atoms with Crippen molar-refractivity contribution in [3.8, 4) is 5.75 Å². The molecule has 0 radical (unpaired) electrons. The lowest BCUT2D eigenvalue weighted by Crippen LogP contribution is -2.37. The van der Waals surface area contributed by atoms with Gasteiger partial charge in [0.15, 0.2) is 0 Å². The van der Waals surface area contributed by atoms with Gasteiger partial charge in [0.1, 0.15) is 5.75 Å². The molecule has 3 heteroatoms. The van der Waals surface area contributed by atoms with Crippen LogP contribution in [0.3, 0.4) is 0 Å². The molecule has 1 aliphatic rings. The predicted molar refractivity (Wildman–Crippen MR) is 88.9 cm³/mol. The van der Waals surface area contributed by atoms with E-state index in [-0.39, 0.29) is 0 Å². The minimum absolute atomic E-state index is 0.399. The summed E-state index contributed by atoms with van der Waals surface area (Å²) in [6, 6.07) is 9.73. The first-order valence-corrected chi connectivity index (χ1v) is 8.41. The zero-order valence-electron chi connectivity index (χ0n) is 13.8. The van der Waals surface area contributed by atoms with E-state index in [1.165, 1.54) is 31.2 Å². The fourth-order valence-corrected chi connectivity index (χ4v) is 3.28. The van der Waals surface area contributed by atoms with Gasteiger partial charge in [0.05, 0.1) is 6.61 Å². The first-order valence-electron chi connectivity index (χ1n) is 8.41. The molecule has 1 aliphatic carbocycles. The fraction of sp³-hybridized carbons (Fsp3) is 0.667. The van der Waals surface area contributed by atoms with Crippen molar-refractivity contribution >= 4 is 0 Å². The van der Waals surface area contributed by atoms with Gasteiger partial charge in [-0.1, -0.05) is 31.9 Å². The van der Waals surface area contributed by atoms with Crippen LogP contribution in [0.5, 0.6) is 5.75 Å². The van der Waals surface area contributed by atoms with Gasteiger partial charge < -0.3 is 15.0 Å². The monoisotopic (exact) mass is 290 g/mol. The van der Waals surface area contributed by atoms with Crippen LogP contribution >= 0.6 is 0 Å². The average Bonchev–Trinajstić information content (AvgIpc) is 3.02. The Labute approximate surface area is 129 Å². The third-order valence-electron chi connectivity index (χ3n) is 4.46. The van der Waals surface area contributed by atoms with Crippen molar-refractivity contribution in [3.63, 3.8) is 0 Å². The number of benzene rings is 1. The molecular weight excluding hydrogens is 260 g/mol. The van der Waals surface area contributed by atoms with Crippen molar-refractivity contribution in [2.24, 2.45) is 0 Å². The third-order valence-corrected chi connectivity index (χ3v) is 4.46. The molecule has 0 spiro atoms. The zero-order chi connectivity index (χ0) is 15.1. The second-order valence-corrected chi connectivity index (χ2v) is 5.99. The van der Waals surface area contributed by atoms with Crippen molar-refractivity contribution in [3.05, 3.63) is 29.8 Å². The quantitative estimate of drug-likeness (QED) is 0.791. The minimum Gasteiger partial charge on any atom is -0.494 e. The summed E-state index contributed by atoms with van der Waals surface area (Å²) in [6.07, 6.45) is 5.51. The van der Waals surface area contributed by atoms with E-state index in [0.717, 1.165) is 31.5 Å². The van der Waals surface area contributed by atoms with Gasteiger partial charge in [-0.25, -0.2) is 0 Å². The molecule has 1 aromatic carbocycles. The standard InChI is InChI=1S/C18H30N2O/c1-4-19-18(14-20(3)16-8-6-7-9-16)15-10-12-17(13-11-15)21-5-2/h10-13,16,18-19H,4-9,14H2,1-3H3. The van der Waals surface area contributed by atoms with Gasteiger partial charge in [0.2, 0.25) is 0 Å². The molecule has 1 saturated carbocycles. The summed E-state index contributed by atoms with van der Waals surface area (Å²) in [6.45, 7) is 6.99. The molecule has 3 nitrogen and oxygen atoms in total. The summed E-state index contributed by atoms with van der Waals surface area (Å²) in [5, 5.41) is 3.62. The first kappa shape index (κ1) is 16.3. The van der Waals surface area contributed by atoms with Crippen LogP contribution in [-0.2, 0) is 0 Å². The number of ether oxygens (including phenoxy) is 1. The summed E-state index contributed by atoms with van der Waals surface area (Å²) in [5.41, 5.74) is 1.35. The van der Waals surface area contributed by atoms with E-state index in [1.807, 2.05) is 6.92 Å². The lowest BCUT2D eigenvalue weighted by atomic mass is 10.0. The van der Waals surface area contributed by atoms with E-state index < -0.39 is 0 Å². The van der Waals surface area contributed by atoms with Crippen molar-refractivity contribution in [2.45, 2.75) is 51.6 Å². The fourth-order valence-electron chi connectivity index (χ4n) is 3.28. The number of hydrogen-bond acceptors (Lipinski definition) is 3. The van der Waals surface area contributed by atoms with Crippen LogP contribution in [0.1, 0.15) is 51.1 Å². The summed E-state index contributed by atoms with van der Waals surface area (Å²) in [5.74, 6) is 0.959. The summed E-state index contributed by atoms with van der Waals surface area (Å²) < 4.78 is 5.53. The van der Waals surface area contributed by atoms with E-state index >= 15 is 0 Å². The molecule has 1 aromatic rings. The molecule has 21 heavy (non-hydrogen) atoms. The molecule has 1 N–H and O–H groups in total. The maximum Gasteiger partial charge on any atom is 0.119 e. The lowest BCUT2D eigenvalue weighted by molar-refractivity contribution is 0.220. The highest BCUT2D eigenvalue weighted by atomic mass is 16.5. The van der Waals surface area contributed by atoms with Crippen LogP contribution < -0.4 is 10.1 Å². The largest absolute Gasteiger partial charge is 0.494 e. The van der Waals surface area contributed by atoms with Crippen molar-refractivity contribution in [2.75, 3.05) is 26.7 Å². The van der Waals surface area contributed by atoms with Gasteiger partial charge >= 0.3 is 0 Å². The Morgan fingerprint density at radius 3 is 2.43 bits per heavy atom. The van der Waals surface area contributed by atoms with E-state index in [9.17, 15) is 0 Å². The van der Waals surface area contributed by atoms with Crippen LogP contribution in [0.25, 0.3) is 0 Å². The number of hydrogen-bond donors (Lipinski definition) is 1.